The molecule has 39 heavy (non-hydrogen) atoms. The number of pyridine rings is 2. The van der Waals surface area contributed by atoms with Gasteiger partial charge in [-0.25, -0.2) is 14.2 Å². The lowest BCUT2D eigenvalue weighted by Crippen LogP contribution is -2.10. The second kappa shape index (κ2) is 11.3. The minimum atomic E-state index is -0.618. The van der Waals surface area contributed by atoms with E-state index >= 15 is 0 Å². The molecule has 2 aromatic carbocycles. The Morgan fingerprint density at radius 1 is 1.10 bits per heavy atom. The van der Waals surface area contributed by atoms with Gasteiger partial charge in [-0.05, 0) is 55.5 Å². The highest BCUT2D eigenvalue weighted by Gasteiger charge is 2.17. The number of anilines is 1. The monoisotopic (exact) mass is 526 g/mol. The van der Waals surface area contributed by atoms with Crippen molar-refractivity contribution in [3.8, 4) is 28.4 Å². The third-order valence-electron chi connectivity index (χ3n) is 5.99. The maximum atomic E-state index is 14.1. The van der Waals surface area contributed by atoms with Crippen LogP contribution in [0.4, 0.5) is 10.1 Å². The molecule has 0 atom stereocenters. The van der Waals surface area contributed by atoms with Crippen molar-refractivity contribution < 1.29 is 18.7 Å². The standard InChI is InChI=1S/C29H27FN6O3/c1-17-4-3-5-25(34-17)28-27(18-6-7-24-19(10-18)13-23(15-33-24)39-9-8-31)35-26(36-28)16-32-22-12-20(29(37)38-2)11-21(30)14-22/h3-7,10-15,32H,8-9,16,31H2,1-2H3,(H,35,36). The number of hydrogen-bond donors (Lipinski definition) is 3. The molecule has 0 bridgehead atoms. The van der Waals surface area contributed by atoms with E-state index < -0.39 is 11.8 Å². The van der Waals surface area contributed by atoms with Crippen LogP contribution in [0.2, 0.25) is 0 Å². The lowest BCUT2D eigenvalue weighted by atomic mass is 10.1. The summed E-state index contributed by atoms with van der Waals surface area (Å²) in [5.74, 6) is 0.0715. The number of benzene rings is 2. The zero-order chi connectivity index (χ0) is 27.4. The number of nitrogens with zero attached hydrogens (tertiary/aromatic N) is 3. The largest absolute Gasteiger partial charge is 0.491 e. The zero-order valence-corrected chi connectivity index (χ0v) is 21.5. The minimum Gasteiger partial charge on any atom is -0.491 e. The quantitative estimate of drug-likeness (QED) is 0.232. The average molecular weight is 527 g/mol. The molecule has 0 fully saturated rings. The lowest BCUT2D eigenvalue weighted by molar-refractivity contribution is 0.0600. The second-order valence-electron chi connectivity index (χ2n) is 8.86. The molecule has 0 aliphatic heterocycles. The molecule has 5 aromatic rings. The van der Waals surface area contributed by atoms with E-state index in [1.165, 1.54) is 19.2 Å². The number of hydrogen-bond acceptors (Lipinski definition) is 8. The van der Waals surface area contributed by atoms with E-state index in [9.17, 15) is 9.18 Å². The van der Waals surface area contributed by atoms with Crippen molar-refractivity contribution in [3.05, 3.63) is 89.8 Å². The van der Waals surface area contributed by atoms with Gasteiger partial charge in [0.1, 0.15) is 24.0 Å². The van der Waals surface area contributed by atoms with Gasteiger partial charge >= 0.3 is 5.97 Å². The molecule has 0 spiro atoms. The summed E-state index contributed by atoms with van der Waals surface area (Å²) in [4.78, 5) is 29.3. The summed E-state index contributed by atoms with van der Waals surface area (Å²) >= 11 is 0. The van der Waals surface area contributed by atoms with E-state index in [1.807, 2.05) is 49.4 Å². The molecule has 3 heterocycles. The van der Waals surface area contributed by atoms with Crippen LogP contribution < -0.4 is 15.8 Å². The van der Waals surface area contributed by atoms with Crippen molar-refractivity contribution in [2.45, 2.75) is 13.5 Å². The Balaban J connectivity index is 1.51. The molecule has 0 saturated heterocycles. The molecular weight excluding hydrogens is 499 g/mol. The van der Waals surface area contributed by atoms with Crippen LogP contribution in [0.1, 0.15) is 21.9 Å². The maximum absolute atomic E-state index is 14.1. The predicted octanol–water partition coefficient (Wildman–Crippen LogP) is 4.87. The number of carbonyl (C=O) groups is 1. The molecule has 0 radical (unpaired) electrons. The summed E-state index contributed by atoms with van der Waals surface area (Å²) in [6.45, 7) is 2.98. The fourth-order valence-electron chi connectivity index (χ4n) is 4.21. The number of imidazole rings is 1. The molecule has 10 heteroatoms. The zero-order valence-electron chi connectivity index (χ0n) is 21.5. The Kier molecular flexibility index (Phi) is 7.46. The van der Waals surface area contributed by atoms with Gasteiger partial charge in [0.15, 0.2) is 0 Å². The van der Waals surface area contributed by atoms with E-state index in [4.69, 9.17) is 20.2 Å². The number of aryl methyl sites for hydroxylation is 1. The van der Waals surface area contributed by atoms with Gasteiger partial charge in [0.2, 0.25) is 0 Å². The number of aromatic nitrogens is 4. The Morgan fingerprint density at radius 3 is 2.77 bits per heavy atom. The number of methoxy groups -OCH3 is 1. The number of rotatable bonds is 9. The Bertz CT molecular complexity index is 1650. The van der Waals surface area contributed by atoms with Gasteiger partial charge in [-0.15, -0.1) is 0 Å². The van der Waals surface area contributed by atoms with Crippen LogP contribution in [0.25, 0.3) is 33.5 Å². The van der Waals surface area contributed by atoms with Gasteiger partial charge < -0.3 is 25.5 Å². The molecule has 0 saturated carbocycles. The van der Waals surface area contributed by atoms with Gasteiger partial charge in [0, 0.05) is 28.9 Å². The normalized spacial score (nSPS) is 11.0. The van der Waals surface area contributed by atoms with E-state index in [0.29, 0.717) is 36.1 Å². The Hall–Kier alpha value is -4.83. The molecule has 198 valence electrons. The van der Waals surface area contributed by atoms with E-state index in [-0.39, 0.29) is 12.1 Å². The number of carbonyl (C=O) groups excluding carboxylic acids is 1. The van der Waals surface area contributed by atoms with Gasteiger partial charge in [0.05, 0.1) is 48.0 Å². The summed E-state index contributed by atoms with van der Waals surface area (Å²) < 4.78 is 24.5. The molecule has 4 N–H and O–H groups in total. The summed E-state index contributed by atoms with van der Waals surface area (Å²) in [6, 6.07) is 17.5. The highest BCUT2D eigenvalue weighted by atomic mass is 19.1. The summed E-state index contributed by atoms with van der Waals surface area (Å²) in [5.41, 5.74) is 10.8. The van der Waals surface area contributed by atoms with Crippen LogP contribution >= 0.6 is 0 Å². The molecule has 9 nitrogen and oxygen atoms in total. The maximum Gasteiger partial charge on any atom is 0.338 e. The third kappa shape index (κ3) is 5.86. The number of nitrogens with one attached hydrogen (secondary N) is 2. The van der Waals surface area contributed by atoms with Crippen LogP contribution in [0.15, 0.2) is 66.9 Å². The fourth-order valence-corrected chi connectivity index (χ4v) is 4.21. The number of esters is 1. The first-order valence-corrected chi connectivity index (χ1v) is 12.3. The van der Waals surface area contributed by atoms with Crippen molar-refractivity contribution in [2.75, 3.05) is 25.6 Å². The highest BCUT2D eigenvalue weighted by Crippen LogP contribution is 2.32. The van der Waals surface area contributed by atoms with Crippen molar-refractivity contribution in [1.29, 1.82) is 0 Å². The molecule has 0 unspecified atom stereocenters. The molecule has 5 rings (SSSR count). The van der Waals surface area contributed by atoms with Crippen LogP contribution in [0, 0.1) is 12.7 Å². The number of ether oxygens (including phenoxy) is 2. The van der Waals surface area contributed by atoms with E-state index in [0.717, 1.165) is 39.6 Å². The number of H-pyrrole nitrogens is 1. The van der Waals surface area contributed by atoms with Crippen molar-refractivity contribution in [3.63, 3.8) is 0 Å². The predicted molar refractivity (Wildman–Crippen MR) is 147 cm³/mol. The van der Waals surface area contributed by atoms with E-state index in [1.54, 1.807) is 6.20 Å². The number of fused-ring (bicyclic) bond motifs is 1. The first-order chi connectivity index (χ1) is 18.9. The summed E-state index contributed by atoms with van der Waals surface area (Å²) in [5, 5.41) is 4.03. The smallest absolute Gasteiger partial charge is 0.338 e. The molecule has 3 aromatic heterocycles. The molecule has 0 aliphatic rings. The SMILES string of the molecule is COC(=O)c1cc(F)cc(NCc2nc(-c3ccc4ncc(OCCN)cc4c3)c(-c3cccc(C)n3)[nH]2)c1. The van der Waals surface area contributed by atoms with Crippen molar-refractivity contribution >= 4 is 22.6 Å². The first kappa shape index (κ1) is 25.8. The second-order valence-corrected chi connectivity index (χ2v) is 8.86. The van der Waals surface area contributed by atoms with Crippen LogP contribution in [-0.4, -0.2) is 46.2 Å². The summed E-state index contributed by atoms with van der Waals surface area (Å²) in [6.07, 6.45) is 1.68. The molecule has 0 amide bonds. The summed E-state index contributed by atoms with van der Waals surface area (Å²) in [7, 11) is 1.25. The first-order valence-electron chi connectivity index (χ1n) is 12.3. The fraction of sp³-hybridized carbons (Fsp3) is 0.172. The van der Waals surface area contributed by atoms with Crippen LogP contribution in [0.5, 0.6) is 5.75 Å². The Labute approximate surface area is 224 Å². The lowest BCUT2D eigenvalue weighted by Gasteiger charge is -2.07. The molecule has 0 aliphatic carbocycles. The van der Waals surface area contributed by atoms with Crippen LogP contribution in [-0.2, 0) is 11.3 Å². The third-order valence-corrected chi connectivity index (χ3v) is 5.99. The topological polar surface area (TPSA) is 128 Å². The average Bonchev–Trinajstić information content (AvgIpc) is 3.38. The van der Waals surface area contributed by atoms with E-state index in [2.05, 4.69) is 20.3 Å². The van der Waals surface area contributed by atoms with Crippen molar-refractivity contribution in [1.82, 2.24) is 19.9 Å². The van der Waals surface area contributed by atoms with Gasteiger partial charge in [-0.1, -0.05) is 12.1 Å². The van der Waals surface area contributed by atoms with Crippen LogP contribution in [0.3, 0.4) is 0 Å². The Morgan fingerprint density at radius 2 is 1.97 bits per heavy atom. The number of aromatic amines is 1. The minimum absolute atomic E-state index is 0.115. The van der Waals surface area contributed by atoms with Gasteiger partial charge in [-0.2, -0.15) is 0 Å². The van der Waals surface area contributed by atoms with Gasteiger partial charge in [0.25, 0.3) is 0 Å². The number of halogens is 1. The number of nitrogens with two attached hydrogens (primary N) is 1. The molecular formula is C29H27FN6O3. The van der Waals surface area contributed by atoms with Crippen molar-refractivity contribution in [2.24, 2.45) is 5.73 Å². The van der Waals surface area contributed by atoms with Gasteiger partial charge in [-0.3, -0.25) is 9.97 Å². The highest BCUT2D eigenvalue weighted by molar-refractivity contribution is 5.90.